The molecule has 2 rings (SSSR count). The van der Waals surface area contributed by atoms with Gasteiger partial charge in [0.25, 0.3) is 5.91 Å². The highest BCUT2D eigenvalue weighted by molar-refractivity contribution is 7.89. The summed E-state index contributed by atoms with van der Waals surface area (Å²) in [4.78, 5) is 56.8. The number of sulfonamides is 1. The Hall–Kier alpha value is -4.20. The third kappa shape index (κ3) is 12.3. The quantitative estimate of drug-likeness (QED) is 0.300. The van der Waals surface area contributed by atoms with E-state index >= 15 is 0 Å². The number of nitrogens with one attached hydrogen (secondary N) is 2. The highest BCUT2D eigenvalue weighted by Gasteiger charge is 2.39. The number of phenols is 1. The monoisotopic (exact) mass is 706 g/mol. The minimum absolute atomic E-state index is 0.0477. The number of alkyl carbamates (subject to hydrolysis) is 1. The smallest absolute Gasteiger partial charge is 0.408 e. The second-order valence-corrected chi connectivity index (χ2v) is 16.4. The Morgan fingerprint density at radius 1 is 0.878 bits per heavy atom. The number of benzene rings is 2. The van der Waals surface area contributed by atoms with Gasteiger partial charge < -0.3 is 25.0 Å². The first-order valence-corrected chi connectivity index (χ1v) is 17.8. The fraction of sp³-hybridized carbons (Fsp3) is 0.543. The first kappa shape index (κ1) is 41.0. The lowest BCUT2D eigenvalue weighted by Crippen LogP contribution is -2.60. The van der Waals surface area contributed by atoms with Gasteiger partial charge in [0.1, 0.15) is 35.3 Å². The van der Waals surface area contributed by atoms with Crippen LogP contribution in [0.5, 0.6) is 5.75 Å². The lowest BCUT2D eigenvalue weighted by molar-refractivity contribution is -0.149. The molecule has 0 saturated carbocycles. The zero-order valence-corrected chi connectivity index (χ0v) is 31.1. The van der Waals surface area contributed by atoms with E-state index in [4.69, 9.17) is 4.74 Å². The van der Waals surface area contributed by atoms with Gasteiger partial charge in [-0.15, -0.1) is 0 Å². The van der Waals surface area contributed by atoms with E-state index in [2.05, 4.69) is 5.32 Å². The van der Waals surface area contributed by atoms with Crippen LogP contribution in [0.2, 0.25) is 0 Å². The fourth-order valence-electron chi connectivity index (χ4n) is 5.34. The molecule has 14 heteroatoms. The number of likely N-dealkylation sites (N-methyl/N-ethyl adjacent to an activating group) is 2. The Morgan fingerprint density at radius 3 is 1.92 bits per heavy atom. The van der Waals surface area contributed by atoms with Crippen molar-refractivity contribution in [3.8, 4) is 5.75 Å². The zero-order chi connectivity index (χ0) is 37.6. The third-order valence-electron chi connectivity index (χ3n) is 7.69. The lowest BCUT2D eigenvalue weighted by Gasteiger charge is -2.37. The van der Waals surface area contributed by atoms with E-state index in [0.717, 1.165) is 11.2 Å². The number of rotatable bonds is 12. The molecule has 0 aliphatic rings. The van der Waals surface area contributed by atoms with Crippen LogP contribution in [-0.2, 0) is 47.4 Å². The minimum Gasteiger partial charge on any atom is -0.508 e. The highest BCUT2D eigenvalue weighted by atomic mass is 32.2. The number of ether oxygens (including phenoxy) is 1. The van der Waals surface area contributed by atoms with Crippen LogP contribution < -0.4 is 10.0 Å². The molecule has 0 fully saturated rings. The Bertz CT molecular complexity index is 1620. The number of phenolic OH excluding ortho intramolecular Hbond substituents is 1. The van der Waals surface area contributed by atoms with Crippen LogP contribution in [0.15, 0.2) is 42.5 Å². The van der Waals surface area contributed by atoms with Crippen LogP contribution in [0.3, 0.4) is 0 Å². The average molecular weight is 707 g/mol. The first-order valence-electron chi connectivity index (χ1n) is 15.9. The number of hydrogen-bond donors (Lipinski definition) is 3. The van der Waals surface area contributed by atoms with E-state index in [1.54, 1.807) is 46.8 Å². The molecule has 49 heavy (non-hydrogen) atoms. The summed E-state index contributed by atoms with van der Waals surface area (Å²) >= 11 is 0. The number of aromatic hydroxyl groups is 1. The van der Waals surface area contributed by atoms with Gasteiger partial charge in [0.2, 0.25) is 21.8 Å². The van der Waals surface area contributed by atoms with Crippen LogP contribution in [0.4, 0.5) is 9.18 Å². The number of amides is 4. The number of carbonyl (C=O) groups excluding carboxylic acids is 4. The predicted octanol–water partition coefficient (Wildman–Crippen LogP) is 3.89. The molecule has 0 spiro atoms. The summed E-state index contributed by atoms with van der Waals surface area (Å²) in [6.45, 7) is 14.1. The average Bonchev–Trinajstić information content (AvgIpc) is 2.93. The molecule has 3 N–H and O–H groups in total. The Balaban J connectivity index is 2.52. The molecule has 0 aliphatic carbocycles. The van der Waals surface area contributed by atoms with Crippen molar-refractivity contribution in [3.63, 3.8) is 0 Å². The molecule has 0 radical (unpaired) electrons. The maximum atomic E-state index is 14.2. The van der Waals surface area contributed by atoms with E-state index in [-0.39, 0.29) is 18.6 Å². The SMILES string of the molecule is CC(C)[C@@H](C(=O)N(C)[C@@H](Cc1ccc(O)c(C(C)(C)C)c1)C(=O)NS(C)(=O)=O)N(C)C(=O)[C@H](Cc1ccc(F)cc1)NC(=O)OC(C)(C)C. The Morgan fingerprint density at radius 2 is 1.43 bits per heavy atom. The summed E-state index contributed by atoms with van der Waals surface area (Å²) in [6, 6.07) is 6.45. The molecule has 0 unspecified atom stereocenters. The van der Waals surface area contributed by atoms with E-state index in [9.17, 15) is 37.1 Å². The van der Waals surface area contributed by atoms with Crippen LogP contribution >= 0.6 is 0 Å². The zero-order valence-electron chi connectivity index (χ0n) is 30.3. The number of halogens is 1. The van der Waals surface area contributed by atoms with Crippen molar-refractivity contribution >= 4 is 33.8 Å². The van der Waals surface area contributed by atoms with Gasteiger partial charge in [-0.3, -0.25) is 19.1 Å². The molecule has 2 aromatic carbocycles. The molecular formula is C35H51FN4O8S. The number of hydrogen-bond acceptors (Lipinski definition) is 8. The largest absolute Gasteiger partial charge is 0.508 e. The van der Waals surface area contributed by atoms with Crippen molar-refractivity contribution in [1.82, 2.24) is 19.8 Å². The van der Waals surface area contributed by atoms with Gasteiger partial charge >= 0.3 is 6.09 Å². The van der Waals surface area contributed by atoms with Gasteiger partial charge in [-0.2, -0.15) is 0 Å². The maximum absolute atomic E-state index is 14.2. The van der Waals surface area contributed by atoms with Crippen molar-refractivity contribution in [2.75, 3.05) is 20.4 Å². The third-order valence-corrected chi connectivity index (χ3v) is 8.27. The molecular weight excluding hydrogens is 655 g/mol. The van der Waals surface area contributed by atoms with Crippen LogP contribution in [0, 0.1) is 11.7 Å². The van der Waals surface area contributed by atoms with Gasteiger partial charge in [-0.1, -0.05) is 58.9 Å². The highest BCUT2D eigenvalue weighted by Crippen LogP contribution is 2.32. The second kappa shape index (κ2) is 16.0. The second-order valence-electron chi connectivity index (χ2n) is 14.7. The van der Waals surface area contributed by atoms with Crippen molar-refractivity contribution in [2.24, 2.45) is 5.92 Å². The summed E-state index contributed by atoms with van der Waals surface area (Å²) in [6.07, 6.45) is -0.201. The van der Waals surface area contributed by atoms with E-state index in [1.165, 1.54) is 49.3 Å². The normalized spacial score (nSPS) is 14.0. The maximum Gasteiger partial charge on any atom is 0.408 e. The summed E-state index contributed by atoms with van der Waals surface area (Å²) in [5, 5.41) is 13.0. The summed E-state index contributed by atoms with van der Waals surface area (Å²) in [5.41, 5.74) is 0.356. The van der Waals surface area contributed by atoms with Crippen LogP contribution in [0.1, 0.15) is 72.1 Å². The molecule has 0 aliphatic heterocycles. The molecule has 4 amide bonds. The molecule has 12 nitrogen and oxygen atoms in total. The van der Waals surface area contributed by atoms with Crippen LogP contribution in [-0.4, -0.2) is 91.2 Å². The van der Waals surface area contributed by atoms with Gasteiger partial charge in [0.15, 0.2) is 0 Å². The van der Waals surface area contributed by atoms with Gasteiger partial charge in [-0.05, 0) is 67.0 Å². The van der Waals surface area contributed by atoms with Gasteiger partial charge in [0, 0.05) is 26.9 Å². The van der Waals surface area contributed by atoms with E-state index < -0.39 is 74.7 Å². The first-order chi connectivity index (χ1) is 22.3. The molecule has 0 bridgehead atoms. The molecule has 0 heterocycles. The van der Waals surface area contributed by atoms with E-state index in [1.807, 2.05) is 25.5 Å². The molecule has 0 aromatic heterocycles. The van der Waals surface area contributed by atoms with Crippen molar-refractivity contribution in [1.29, 1.82) is 0 Å². The number of carbonyl (C=O) groups is 4. The summed E-state index contributed by atoms with van der Waals surface area (Å²) < 4.78 is 45.1. The molecule has 2 aromatic rings. The van der Waals surface area contributed by atoms with Gasteiger partial charge in [0.05, 0.1) is 6.26 Å². The van der Waals surface area contributed by atoms with Gasteiger partial charge in [-0.25, -0.2) is 17.6 Å². The Kier molecular flexibility index (Phi) is 13.4. The molecule has 0 saturated heterocycles. The Labute approximate surface area is 289 Å². The summed E-state index contributed by atoms with van der Waals surface area (Å²) in [7, 11) is -1.26. The summed E-state index contributed by atoms with van der Waals surface area (Å²) in [5.74, 6) is -3.20. The molecule has 272 valence electrons. The molecule has 3 atom stereocenters. The fourth-order valence-corrected chi connectivity index (χ4v) is 5.84. The van der Waals surface area contributed by atoms with Crippen molar-refractivity contribution < 1.29 is 41.8 Å². The van der Waals surface area contributed by atoms with E-state index in [0.29, 0.717) is 16.7 Å². The van der Waals surface area contributed by atoms with Crippen LogP contribution in [0.25, 0.3) is 0 Å². The van der Waals surface area contributed by atoms with Crippen molar-refractivity contribution in [2.45, 2.75) is 97.4 Å². The van der Waals surface area contributed by atoms with Crippen molar-refractivity contribution in [3.05, 3.63) is 65.0 Å². The lowest BCUT2D eigenvalue weighted by atomic mass is 9.84. The predicted molar refractivity (Wildman–Crippen MR) is 185 cm³/mol. The standard InChI is InChI=1S/C35H51FN4O8S/c1-21(2)29(40(10)31(43)26(37-33(45)48-35(6,7)8)19-22-12-15-24(36)16-13-22)32(44)39(9)27(30(42)38-49(11,46)47)20-23-14-17-28(41)25(18-23)34(3,4)5/h12-18,21,26-27,29,41H,19-20H2,1-11H3,(H,37,45)(H,38,42)/t26-,27-,29-/m0/s1. The number of nitrogens with zero attached hydrogens (tertiary/aromatic N) is 2. The minimum atomic E-state index is -4.01. The topological polar surface area (TPSA) is 162 Å².